The Hall–Kier alpha value is -4.45. The quantitative estimate of drug-likeness (QED) is 0.143. The molecule has 5 atom stereocenters. The van der Waals surface area contributed by atoms with Crippen molar-refractivity contribution in [1.82, 2.24) is 5.32 Å². The molecule has 7 rings (SSSR count). The second-order valence-corrected chi connectivity index (χ2v) is 13.2. The first-order chi connectivity index (χ1) is 22.1. The van der Waals surface area contributed by atoms with Gasteiger partial charge in [0, 0.05) is 23.0 Å². The molecule has 0 spiro atoms. The summed E-state index contributed by atoms with van der Waals surface area (Å²) in [5.41, 5.74) is 15.0. The zero-order chi connectivity index (χ0) is 30.6. The first kappa shape index (κ1) is 29.3. The number of nitrogens with zero attached hydrogens (tertiary/aromatic N) is 1. The highest BCUT2D eigenvalue weighted by Crippen LogP contribution is 2.37. The zero-order valence-corrected chi connectivity index (χ0v) is 26.0. The summed E-state index contributed by atoms with van der Waals surface area (Å²) in [6.45, 7) is 0. The van der Waals surface area contributed by atoms with Crippen molar-refractivity contribution in [3.05, 3.63) is 167 Å². The highest BCUT2D eigenvalue weighted by Gasteiger charge is 2.29. The maximum absolute atomic E-state index is 8.89. The second-order valence-electron chi connectivity index (χ2n) is 12.0. The first-order valence-corrected chi connectivity index (χ1v) is 16.7. The maximum atomic E-state index is 8.89. The van der Waals surface area contributed by atoms with E-state index in [1.165, 1.54) is 39.6 Å². The lowest BCUT2D eigenvalue weighted by Crippen LogP contribution is -2.42. The number of hydrogen-bond donors (Lipinski definition) is 3. The normalized spacial score (nSPS) is 24.4. The summed E-state index contributed by atoms with van der Waals surface area (Å²) >= 11 is 1.48. The number of thioether (sulfide) groups is 1. The lowest BCUT2D eigenvalue weighted by Gasteiger charge is -2.33. The van der Waals surface area contributed by atoms with E-state index < -0.39 is 0 Å². The Balaban J connectivity index is 1.08. The van der Waals surface area contributed by atoms with E-state index in [1.807, 2.05) is 6.07 Å². The van der Waals surface area contributed by atoms with Gasteiger partial charge in [0.2, 0.25) is 0 Å². The summed E-state index contributed by atoms with van der Waals surface area (Å²) in [4.78, 5) is 5.24. The molecule has 4 aliphatic rings. The van der Waals surface area contributed by atoms with Gasteiger partial charge in [-0.05, 0) is 53.2 Å². The van der Waals surface area contributed by atoms with Crippen molar-refractivity contribution < 1.29 is 0 Å². The van der Waals surface area contributed by atoms with E-state index in [2.05, 4.69) is 139 Å². The number of amidine groups is 1. The summed E-state index contributed by atoms with van der Waals surface area (Å²) in [5.74, 6) is 1.46. The van der Waals surface area contributed by atoms with E-state index in [4.69, 9.17) is 16.1 Å². The Morgan fingerprint density at radius 1 is 0.844 bits per heavy atom. The standard InChI is InChI=1S/C40H38N4S/c41-38(45-39(42)35-20-10-16-28-13-7-8-19-34(28)35)30-23-21-29(22-24-30)36-26-37(44-40(43-36)31-14-5-2-6-15-31)33-18-9-17-32(25-33)27-11-3-1-4-12-27/h1-15,17-23,25,28,30,36-38,42H,16,24,26,41H2,(H,43,44). The molecule has 0 radical (unpaired) electrons. The molecule has 0 fully saturated rings. The van der Waals surface area contributed by atoms with E-state index in [-0.39, 0.29) is 23.4 Å². The van der Waals surface area contributed by atoms with Crippen molar-refractivity contribution in [3.8, 4) is 11.1 Å². The van der Waals surface area contributed by atoms with Gasteiger partial charge in [0.1, 0.15) is 5.84 Å². The molecule has 3 aromatic rings. The van der Waals surface area contributed by atoms with Crippen molar-refractivity contribution in [3.63, 3.8) is 0 Å². The Morgan fingerprint density at radius 3 is 2.40 bits per heavy atom. The Morgan fingerprint density at radius 2 is 1.62 bits per heavy atom. The largest absolute Gasteiger partial charge is 0.363 e. The van der Waals surface area contributed by atoms with Crippen LogP contribution in [0.5, 0.6) is 0 Å². The fourth-order valence-corrected chi connectivity index (χ4v) is 7.55. The van der Waals surface area contributed by atoms with Gasteiger partial charge in [-0.3, -0.25) is 10.4 Å². The van der Waals surface area contributed by atoms with Crippen LogP contribution < -0.4 is 11.1 Å². The first-order valence-electron chi connectivity index (χ1n) is 15.8. The van der Waals surface area contributed by atoms with Gasteiger partial charge in [-0.25, -0.2) is 0 Å². The lowest BCUT2D eigenvalue weighted by molar-refractivity contribution is 0.518. The van der Waals surface area contributed by atoms with Crippen molar-refractivity contribution in [2.24, 2.45) is 22.6 Å². The highest BCUT2D eigenvalue weighted by atomic mass is 32.2. The van der Waals surface area contributed by atoms with Crippen LogP contribution in [0.2, 0.25) is 0 Å². The molecule has 3 aromatic carbocycles. The van der Waals surface area contributed by atoms with Crippen LogP contribution in [0.1, 0.15) is 36.4 Å². The molecule has 4 nitrogen and oxygen atoms in total. The van der Waals surface area contributed by atoms with Gasteiger partial charge in [0.15, 0.2) is 0 Å². The van der Waals surface area contributed by atoms with Crippen molar-refractivity contribution in [1.29, 1.82) is 5.41 Å². The van der Waals surface area contributed by atoms with Crippen LogP contribution in [0.25, 0.3) is 11.1 Å². The van der Waals surface area contributed by atoms with E-state index in [0.29, 0.717) is 11.0 Å². The molecule has 1 aliphatic heterocycles. The number of fused-ring (bicyclic) bond motifs is 1. The minimum atomic E-state index is -0.189. The molecule has 224 valence electrons. The molecule has 3 aliphatic carbocycles. The number of rotatable bonds is 7. The molecule has 0 amide bonds. The molecule has 5 heteroatoms. The molecule has 0 saturated heterocycles. The van der Waals surface area contributed by atoms with Gasteiger partial charge in [0.25, 0.3) is 0 Å². The molecule has 0 bridgehead atoms. The third kappa shape index (κ3) is 6.51. The number of nitrogens with one attached hydrogen (secondary N) is 2. The van der Waals surface area contributed by atoms with E-state index in [0.717, 1.165) is 36.2 Å². The number of allylic oxidation sites excluding steroid dienone is 8. The average Bonchev–Trinajstić information content (AvgIpc) is 3.12. The fraction of sp³-hybridized carbons (Fsp3) is 0.200. The van der Waals surface area contributed by atoms with Crippen molar-refractivity contribution in [2.75, 3.05) is 0 Å². The summed E-state index contributed by atoms with van der Waals surface area (Å²) in [6, 6.07) is 29.9. The van der Waals surface area contributed by atoms with Crippen molar-refractivity contribution in [2.45, 2.75) is 36.7 Å². The third-order valence-corrected chi connectivity index (χ3v) is 10.2. The third-order valence-electron chi connectivity index (χ3n) is 9.08. The summed E-state index contributed by atoms with van der Waals surface area (Å²) in [5, 5.41) is 13.0. The van der Waals surface area contributed by atoms with E-state index in [9.17, 15) is 0 Å². The molecule has 5 unspecified atom stereocenters. The molecule has 4 N–H and O–H groups in total. The molecule has 0 aromatic heterocycles. The van der Waals surface area contributed by atoms with Crippen LogP contribution in [0.4, 0.5) is 0 Å². The number of aliphatic imine (C=N–C) groups is 1. The monoisotopic (exact) mass is 606 g/mol. The van der Waals surface area contributed by atoms with E-state index in [1.54, 1.807) is 0 Å². The average molecular weight is 607 g/mol. The lowest BCUT2D eigenvalue weighted by atomic mass is 9.84. The Bertz CT molecular complexity index is 1780. The second kappa shape index (κ2) is 13.3. The summed E-state index contributed by atoms with van der Waals surface area (Å²) in [6.07, 6.45) is 22.4. The maximum Gasteiger partial charge on any atom is 0.129 e. The van der Waals surface area contributed by atoms with Gasteiger partial charge in [-0.2, -0.15) is 0 Å². The zero-order valence-electron chi connectivity index (χ0n) is 25.2. The number of nitrogens with two attached hydrogens (primary N) is 1. The van der Waals surface area contributed by atoms with Gasteiger partial charge in [-0.1, -0.05) is 145 Å². The Kier molecular flexibility index (Phi) is 8.63. The van der Waals surface area contributed by atoms with Gasteiger partial charge in [0.05, 0.1) is 22.5 Å². The van der Waals surface area contributed by atoms with Crippen LogP contribution in [0, 0.1) is 17.2 Å². The predicted octanol–water partition coefficient (Wildman–Crippen LogP) is 8.70. The predicted molar refractivity (Wildman–Crippen MR) is 190 cm³/mol. The van der Waals surface area contributed by atoms with Crippen LogP contribution in [0.15, 0.2) is 161 Å². The molecular formula is C40H38N4S. The van der Waals surface area contributed by atoms with Gasteiger partial charge >= 0.3 is 0 Å². The molecule has 0 saturated carbocycles. The number of benzene rings is 3. The minimum Gasteiger partial charge on any atom is -0.363 e. The van der Waals surface area contributed by atoms with E-state index >= 15 is 0 Å². The van der Waals surface area contributed by atoms with Crippen LogP contribution in [0.3, 0.4) is 0 Å². The summed E-state index contributed by atoms with van der Waals surface area (Å²) in [7, 11) is 0. The fourth-order valence-electron chi connectivity index (χ4n) is 6.59. The smallest absolute Gasteiger partial charge is 0.129 e. The van der Waals surface area contributed by atoms with Gasteiger partial charge in [-0.15, -0.1) is 0 Å². The molecule has 1 heterocycles. The van der Waals surface area contributed by atoms with Gasteiger partial charge < -0.3 is 11.1 Å². The molecule has 45 heavy (non-hydrogen) atoms. The minimum absolute atomic E-state index is 0.0333. The van der Waals surface area contributed by atoms with Crippen molar-refractivity contribution >= 4 is 22.6 Å². The highest BCUT2D eigenvalue weighted by molar-refractivity contribution is 8.14. The summed E-state index contributed by atoms with van der Waals surface area (Å²) < 4.78 is 0. The van der Waals surface area contributed by atoms with Crippen LogP contribution >= 0.6 is 11.8 Å². The topological polar surface area (TPSA) is 74.3 Å². The Labute approximate surface area is 270 Å². The van der Waals surface area contributed by atoms with Crippen LogP contribution in [-0.4, -0.2) is 22.3 Å². The number of hydrogen-bond acceptors (Lipinski definition) is 5. The SMILES string of the molecule is N=C(SC(N)C1C=CC(C2CC(c3cccc(-c4ccccc4)c3)N=C(c3ccccc3)N2)=CC1)C1=C2C=CC=CC2CC=C1. The van der Waals surface area contributed by atoms with Crippen LogP contribution in [-0.2, 0) is 0 Å². The molecular weight excluding hydrogens is 569 g/mol.